The van der Waals surface area contributed by atoms with Gasteiger partial charge in [0, 0.05) is 0 Å². The minimum Gasteiger partial charge on any atom is -1.00 e. The van der Waals surface area contributed by atoms with Gasteiger partial charge in [-0.2, -0.15) is 8.42 Å². The fraction of sp³-hybridized carbons (Fsp3) is 0. The van der Waals surface area contributed by atoms with Gasteiger partial charge >= 0.3 is 68.5 Å². The molecule has 0 aromatic rings. The van der Waals surface area contributed by atoms with Crippen LogP contribution in [0.25, 0.3) is 0 Å². The molecular formula is H9AlBaO7SSi. The van der Waals surface area contributed by atoms with E-state index in [1.54, 1.807) is 0 Å². The van der Waals surface area contributed by atoms with Crippen molar-refractivity contribution in [3.05, 3.63) is 0 Å². The molecule has 0 amide bonds. The second-order valence-corrected chi connectivity index (χ2v) is 2.19. The summed E-state index contributed by atoms with van der Waals surface area (Å²) in [5, 5.41) is 0. The van der Waals surface area contributed by atoms with Crippen LogP contribution in [0.5, 0.6) is 0 Å². The van der Waals surface area contributed by atoms with E-state index in [1.165, 1.54) is 0 Å². The standard InChI is InChI=1S/Al.Ba.H2O4S.H2O3Si.5H/c;;1-5(2,3)4;1-4(2)3;;;;;/h;;(H2,1,2,3,4);1-2H;;;;;/q;+2;;;;;;2*-1. The third-order valence-electron chi connectivity index (χ3n) is 0. The van der Waals surface area contributed by atoms with Crippen molar-refractivity contribution in [2.45, 2.75) is 0 Å². The topological polar surface area (TPSA) is 132 Å². The molecule has 0 aliphatic rings. The van der Waals surface area contributed by atoms with E-state index in [9.17, 15) is 0 Å². The number of rotatable bonds is 0. The molecule has 0 unspecified atom stereocenters. The molecule has 0 saturated heterocycles. The minimum atomic E-state index is -4.67. The molecule has 4 N–H and O–H groups in total. The molecule has 0 bridgehead atoms. The Morgan fingerprint density at radius 2 is 1.18 bits per heavy atom. The van der Waals surface area contributed by atoms with E-state index in [0.29, 0.717) is 0 Å². The van der Waals surface area contributed by atoms with Gasteiger partial charge in [-0.15, -0.1) is 0 Å². The van der Waals surface area contributed by atoms with E-state index in [0.717, 1.165) is 0 Å². The Hall–Kier alpha value is 1.59. The minimum absolute atomic E-state index is 0. The monoisotopic (exact) mass is 346 g/mol. The van der Waals surface area contributed by atoms with Gasteiger partial charge in [-0.3, -0.25) is 13.6 Å². The van der Waals surface area contributed by atoms with Gasteiger partial charge < -0.3 is 12.4 Å². The van der Waals surface area contributed by atoms with Gasteiger partial charge in [0.2, 0.25) is 0 Å². The molecular weight excluding hydrogens is 336 g/mol. The normalized spacial score (nSPS) is 7.45. The molecule has 0 spiro atoms. The maximum absolute atomic E-state index is 8.74. The van der Waals surface area contributed by atoms with E-state index in [2.05, 4.69) is 0 Å². The Morgan fingerprint density at radius 1 is 1.18 bits per heavy atom. The zero-order valence-electron chi connectivity index (χ0n) is 6.63. The molecule has 11 heavy (non-hydrogen) atoms. The van der Waals surface area contributed by atoms with E-state index in [4.69, 9.17) is 31.6 Å². The summed E-state index contributed by atoms with van der Waals surface area (Å²) < 4.78 is 40.3. The molecule has 0 fully saturated rings. The van der Waals surface area contributed by atoms with Crippen LogP contribution in [-0.2, 0) is 14.9 Å². The van der Waals surface area contributed by atoms with E-state index in [1.807, 2.05) is 0 Å². The average Bonchev–Trinajstić information content (AvgIpc) is 1.19. The van der Waals surface area contributed by atoms with E-state index in [-0.39, 0.29) is 69.1 Å². The first-order valence-corrected chi connectivity index (χ1v) is 4.05. The first-order chi connectivity index (χ1) is 3.73. The van der Waals surface area contributed by atoms with Crippen molar-refractivity contribution < 1.29 is 34.4 Å². The van der Waals surface area contributed by atoms with Crippen LogP contribution in [0.4, 0.5) is 0 Å². The van der Waals surface area contributed by atoms with Crippen molar-refractivity contribution in [1.29, 1.82) is 0 Å². The molecule has 0 aromatic heterocycles. The third-order valence-corrected chi connectivity index (χ3v) is 0. The summed E-state index contributed by atoms with van der Waals surface area (Å²) in [7, 11) is -7.80. The van der Waals surface area contributed by atoms with Crippen LogP contribution in [0.15, 0.2) is 0 Å². The van der Waals surface area contributed by atoms with Crippen LogP contribution in [0.2, 0.25) is 0 Å². The molecule has 7 nitrogen and oxygen atoms in total. The van der Waals surface area contributed by atoms with Gasteiger partial charge in [-0.25, -0.2) is 0 Å². The van der Waals surface area contributed by atoms with Gasteiger partial charge in [0.25, 0.3) is 0 Å². The van der Waals surface area contributed by atoms with Crippen LogP contribution in [-0.4, -0.2) is 103 Å². The van der Waals surface area contributed by atoms with Crippen molar-refractivity contribution in [3.8, 4) is 0 Å². The van der Waals surface area contributed by atoms with Gasteiger partial charge in [0.1, 0.15) is 0 Å². The Labute approximate surface area is 118 Å². The maximum Gasteiger partial charge on any atom is 2.00 e. The molecule has 0 aromatic carbocycles. The SMILES string of the molecule is O=S(=O)(O)O.O=[Si](O)O.[AlH3].[Ba+2].[H-].[H-]. The van der Waals surface area contributed by atoms with Crippen LogP contribution >= 0.6 is 0 Å². The summed E-state index contributed by atoms with van der Waals surface area (Å²) >= 11 is 0. The Kier molecular flexibility index (Phi) is 24.2. The van der Waals surface area contributed by atoms with E-state index >= 15 is 0 Å². The smallest absolute Gasteiger partial charge is 1.00 e. The van der Waals surface area contributed by atoms with Crippen molar-refractivity contribution in [2.75, 3.05) is 0 Å². The molecule has 0 saturated carbocycles. The van der Waals surface area contributed by atoms with Gasteiger partial charge in [-0.1, -0.05) is 0 Å². The first kappa shape index (κ1) is 22.9. The largest absolute Gasteiger partial charge is 2.00 e. The summed E-state index contributed by atoms with van der Waals surface area (Å²) in [5.41, 5.74) is 0. The predicted molar refractivity (Wildman–Crippen MR) is 43.0 cm³/mol. The van der Waals surface area contributed by atoms with Gasteiger partial charge in [0.05, 0.1) is 0 Å². The number of hydrogen-bond acceptors (Lipinski definition) is 3. The van der Waals surface area contributed by atoms with Crippen LogP contribution in [0.1, 0.15) is 2.85 Å². The first-order valence-electron chi connectivity index (χ1n) is 1.35. The Bertz CT molecular complexity index is 169. The zero-order valence-corrected chi connectivity index (χ0v) is 10.9. The summed E-state index contributed by atoms with van der Waals surface area (Å²) in [6, 6.07) is 0. The molecule has 0 heterocycles. The predicted octanol–water partition coefficient (Wildman–Crippen LogP) is -3.61. The van der Waals surface area contributed by atoms with Gasteiger partial charge in [0.15, 0.2) is 17.4 Å². The molecule has 11 heteroatoms. The number of hydrogen-bond donors (Lipinski definition) is 4. The molecule has 0 aliphatic heterocycles. The van der Waals surface area contributed by atoms with Crippen molar-refractivity contribution in [2.24, 2.45) is 0 Å². The molecule has 0 radical (unpaired) electrons. The fourth-order valence-electron chi connectivity index (χ4n) is 0. The third kappa shape index (κ3) is 421. The second kappa shape index (κ2) is 11.6. The van der Waals surface area contributed by atoms with Crippen LogP contribution in [0, 0.1) is 0 Å². The summed E-state index contributed by atoms with van der Waals surface area (Å²) in [5.74, 6) is 0. The van der Waals surface area contributed by atoms with E-state index < -0.39 is 19.6 Å². The molecule has 66 valence electrons. The van der Waals surface area contributed by atoms with Crippen molar-refractivity contribution in [1.82, 2.24) is 0 Å². The summed E-state index contributed by atoms with van der Waals surface area (Å²) in [6.07, 6.45) is 0. The van der Waals surface area contributed by atoms with Crippen LogP contribution in [0.3, 0.4) is 0 Å². The van der Waals surface area contributed by atoms with Crippen molar-refractivity contribution >= 4 is 85.8 Å². The zero-order chi connectivity index (χ0) is 8.08. The maximum atomic E-state index is 8.74. The van der Waals surface area contributed by atoms with Crippen molar-refractivity contribution in [3.63, 3.8) is 0 Å². The molecule has 0 atom stereocenters. The summed E-state index contributed by atoms with van der Waals surface area (Å²) in [6.45, 7) is 0. The quantitative estimate of drug-likeness (QED) is 0.263. The Balaban J connectivity index is -0.0000000146. The average molecular weight is 346 g/mol. The van der Waals surface area contributed by atoms with Crippen LogP contribution < -0.4 is 0 Å². The Morgan fingerprint density at radius 3 is 1.18 bits per heavy atom. The second-order valence-electron chi connectivity index (χ2n) is 0.730. The fourth-order valence-corrected chi connectivity index (χ4v) is 0. The molecule has 0 rings (SSSR count). The summed E-state index contributed by atoms with van der Waals surface area (Å²) in [4.78, 5) is 14.3. The molecule has 0 aliphatic carbocycles. The van der Waals surface area contributed by atoms with Gasteiger partial charge in [-0.05, 0) is 0 Å².